The second-order valence-corrected chi connectivity index (χ2v) is 3.40. The van der Waals surface area contributed by atoms with Gasteiger partial charge in [-0.3, -0.25) is 0 Å². The van der Waals surface area contributed by atoms with E-state index < -0.39 is 11.9 Å². The van der Waals surface area contributed by atoms with Crippen molar-refractivity contribution in [1.29, 1.82) is 0 Å². The Hall–Kier alpha value is -1.43. The van der Waals surface area contributed by atoms with Gasteiger partial charge in [0.2, 0.25) is 0 Å². The smallest absolute Gasteiger partial charge is 0.149 e. The lowest BCUT2D eigenvalue weighted by atomic mass is 10.4. The monoisotopic (exact) mass is 214 g/mol. The summed E-state index contributed by atoms with van der Waals surface area (Å²) in [6.45, 7) is 0. The molecule has 14 heavy (non-hydrogen) atoms. The van der Waals surface area contributed by atoms with Crippen LogP contribution in [0.5, 0.6) is 0 Å². The second kappa shape index (κ2) is 4.71. The fourth-order valence-corrected chi connectivity index (χ4v) is 1.43. The van der Waals surface area contributed by atoms with E-state index in [1.807, 2.05) is 0 Å². The molecule has 1 aromatic heterocycles. The highest BCUT2D eigenvalue weighted by Crippen LogP contribution is 2.14. The average molecular weight is 214 g/mol. The molecular formula is C8H6O5S-2. The van der Waals surface area contributed by atoms with Crippen LogP contribution in [0.15, 0.2) is 16.5 Å². The van der Waals surface area contributed by atoms with Crippen LogP contribution in [0.4, 0.5) is 0 Å². The summed E-state index contributed by atoms with van der Waals surface area (Å²) in [4.78, 5) is 20.3. The average Bonchev–Trinajstić information content (AvgIpc) is 2.52. The van der Waals surface area contributed by atoms with Gasteiger partial charge in [-0.1, -0.05) is 0 Å². The van der Waals surface area contributed by atoms with Crippen molar-refractivity contribution in [2.75, 3.05) is 5.75 Å². The van der Waals surface area contributed by atoms with E-state index in [1.165, 1.54) is 12.1 Å². The summed E-state index contributed by atoms with van der Waals surface area (Å²) in [5.74, 6) is -2.27. The van der Waals surface area contributed by atoms with Crippen molar-refractivity contribution in [3.05, 3.63) is 23.7 Å². The molecule has 0 bridgehead atoms. The summed E-state index contributed by atoms with van der Waals surface area (Å²) in [5.41, 5.74) is 0. The Kier molecular flexibility index (Phi) is 3.58. The molecule has 0 aliphatic heterocycles. The molecule has 0 saturated heterocycles. The van der Waals surface area contributed by atoms with Crippen LogP contribution in [-0.2, 0) is 10.5 Å². The minimum absolute atomic E-state index is 0.151. The number of carboxylic acids is 2. The van der Waals surface area contributed by atoms with Crippen molar-refractivity contribution in [1.82, 2.24) is 0 Å². The van der Waals surface area contributed by atoms with E-state index in [-0.39, 0.29) is 11.5 Å². The Morgan fingerprint density at radius 1 is 1.36 bits per heavy atom. The minimum atomic E-state index is -1.39. The molecule has 1 aromatic rings. The Labute approximate surface area is 83.7 Å². The zero-order chi connectivity index (χ0) is 10.6. The predicted octanol–water partition coefficient (Wildman–Crippen LogP) is -1.37. The van der Waals surface area contributed by atoms with Crippen LogP contribution < -0.4 is 10.2 Å². The molecule has 6 heteroatoms. The quantitative estimate of drug-likeness (QED) is 0.600. The van der Waals surface area contributed by atoms with Gasteiger partial charge in [0.05, 0.1) is 11.7 Å². The van der Waals surface area contributed by atoms with E-state index in [9.17, 15) is 19.8 Å². The van der Waals surface area contributed by atoms with Crippen LogP contribution >= 0.6 is 11.8 Å². The number of carbonyl (C=O) groups is 2. The molecule has 0 unspecified atom stereocenters. The number of carbonyl (C=O) groups excluding carboxylic acids is 2. The van der Waals surface area contributed by atoms with E-state index in [0.717, 1.165) is 11.8 Å². The van der Waals surface area contributed by atoms with Gasteiger partial charge in [-0.2, -0.15) is 0 Å². The zero-order valence-corrected chi connectivity index (χ0v) is 7.83. The number of aliphatic carboxylic acids is 1. The van der Waals surface area contributed by atoms with Crippen LogP contribution in [0, 0.1) is 0 Å². The third-order valence-corrected chi connectivity index (χ3v) is 2.26. The van der Waals surface area contributed by atoms with Crippen LogP contribution in [-0.4, -0.2) is 17.7 Å². The Bertz CT molecular complexity index is 343. The molecule has 0 spiro atoms. The first-order chi connectivity index (χ1) is 6.59. The number of carboxylic acid groups (broad SMARTS) is 2. The van der Waals surface area contributed by atoms with Crippen molar-refractivity contribution in [2.24, 2.45) is 0 Å². The number of aromatic carboxylic acids is 1. The normalized spacial score (nSPS) is 10.0. The van der Waals surface area contributed by atoms with Crippen molar-refractivity contribution in [3.63, 3.8) is 0 Å². The van der Waals surface area contributed by atoms with Gasteiger partial charge in [0.15, 0.2) is 0 Å². The van der Waals surface area contributed by atoms with Gasteiger partial charge in [0.1, 0.15) is 17.5 Å². The maximum absolute atomic E-state index is 10.3. The Morgan fingerprint density at radius 3 is 2.57 bits per heavy atom. The molecule has 0 saturated carbocycles. The Morgan fingerprint density at radius 2 is 2.07 bits per heavy atom. The third kappa shape index (κ3) is 3.14. The number of rotatable bonds is 5. The molecule has 0 aliphatic carbocycles. The van der Waals surface area contributed by atoms with Crippen LogP contribution in [0.1, 0.15) is 16.3 Å². The summed E-state index contributed by atoms with van der Waals surface area (Å²) in [6.07, 6.45) is 0. The molecule has 0 aliphatic rings. The molecule has 0 aromatic carbocycles. The van der Waals surface area contributed by atoms with Crippen molar-refractivity contribution in [2.45, 2.75) is 5.75 Å². The van der Waals surface area contributed by atoms with E-state index in [4.69, 9.17) is 4.42 Å². The van der Waals surface area contributed by atoms with E-state index in [1.54, 1.807) is 0 Å². The molecule has 0 radical (unpaired) electrons. The molecule has 0 N–H and O–H groups in total. The number of hydrogen-bond donors (Lipinski definition) is 0. The van der Waals surface area contributed by atoms with Gasteiger partial charge >= 0.3 is 0 Å². The highest BCUT2D eigenvalue weighted by molar-refractivity contribution is 7.99. The fourth-order valence-electron chi connectivity index (χ4n) is 0.800. The standard InChI is InChI=1S/C8H8O5S/c9-7(10)4-14-3-5-1-2-6(13-5)8(11)12/h1-2H,3-4H2,(H,9,10)(H,11,12)/p-2. The van der Waals surface area contributed by atoms with Crippen LogP contribution in [0.2, 0.25) is 0 Å². The first-order valence-corrected chi connectivity index (χ1v) is 4.82. The van der Waals surface area contributed by atoms with Crippen molar-refractivity contribution >= 4 is 23.7 Å². The topological polar surface area (TPSA) is 93.4 Å². The second-order valence-electron chi connectivity index (χ2n) is 2.42. The van der Waals surface area contributed by atoms with Gasteiger partial charge in [0.25, 0.3) is 0 Å². The van der Waals surface area contributed by atoms with Crippen LogP contribution in [0.3, 0.4) is 0 Å². The summed E-state index contributed by atoms with van der Waals surface area (Å²) in [7, 11) is 0. The van der Waals surface area contributed by atoms with Crippen molar-refractivity contribution in [3.8, 4) is 0 Å². The maximum atomic E-state index is 10.3. The lowest BCUT2D eigenvalue weighted by Crippen LogP contribution is -2.24. The molecule has 0 fully saturated rings. The lowest BCUT2D eigenvalue weighted by Gasteiger charge is -2.00. The summed E-state index contributed by atoms with van der Waals surface area (Å²) < 4.78 is 4.83. The maximum Gasteiger partial charge on any atom is 0.149 e. The van der Waals surface area contributed by atoms with Crippen molar-refractivity contribution < 1.29 is 24.2 Å². The van der Waals surface area contributed by atoms with E-state index in [0.29, 0.717) is 11.5 Å². The van der Waals surface area contributed by atoms with Gasteiger partial charge in [-0.05, 0) is 12.1 Å². The van der Waals surface area contributed by atoms with Gasteiger partial charge in [-0.15, -0.1) is 11.8 Å². The molecule has 5 nitrogen and oxygen atoms in total. The SMILES string of the molecule is O=C([O-])CSCc1ccc(C(=O)[O-])o1. The fraction of sp³-hybridized carbons (Fsp3) is 0.250. The number of hydrogen-bond acceptors (Lipinski definition) is 6. The van der Waals surface area contributed by atoms with Gasteiger partial charge in [0, 0.05) is 5.75 Å². The summed E-state index contributed by atoms with van der Waals surface area (Å²) in [6, 6.07) is 2.73. The Balaban J connectivity index is 2.44. The minimum Gasteiger partial charge on any atom is -0.549 e. The molecule has 76 valence electrons. The van der Waals surface area contributed by atoms with Crippen LogP contribution in [0.25, 0.3) is 0 Å². The molecule has 1 rings (SSSR count). The highest BCUT2D eigenvalue weighted by Gasteiger charge is 2.02. The molecule has 0 amide bonds. The third-order valence-electron chi connectivity index (χ3n) is 1.33. The molecular weight excluding hydrogens is 208 g/mol. The molecule has 1 heterocycles. The lowest BCUT2D eigenvalue weighted by molar-refractivity contribution is -0.301. The number of thioether (sulfide) groups is 1. The molecule has 0 atom stereocenters. The van der Waals surface area contributed by atoms with Gasteiger partial charge < -0.3 is 24.2 Å². The summed E-state index contributed by atoms with van der Waals surface area (Å²) in [5, 5.41) is 20.3. The van der Waals surface area contributed by atoms with E-state index in [2.05, 4.69) is 0 Å². The zero-order valence-electron chi connectivity index (χ0n) is 7.02. The first kappa shape index (κ1) is 10.6. The number of furan rings is 1. The summed E-state index contributed by atoms with van der Waals surface area (Å²) >= 11 is 1.07. The van der Waals surface area contributed by atoms with Gasteiger partial charge in [-0.25, -0.2) is 0 Å². The predicted molar refractivity (Wildman–Crippen MR) is 44.2 cm³/mol. The first-order valence-electron chi connectivity index (χ1n) is 3.67. The largest absolute Gasteiger partial charge is 0.549 e. The van der Waals surface area contributed by atoms with E-state index >= 15 is 0 Å². The highest BCUT2D eigenvalue weighted by atomic mass is 32.2.